The second-order valence-electron chi connectivity index (χ2n) is 3.14. The van der Waals surface area contributed by atoms with Gasteiger partial charge in [0.25, 0.3) is 0 Å². The van der Waals surface area contributed by atoms with E-state index in [1.54, 1.807) is 19.4 Å². The van der Waals surface area contributed by atoms with Crippen LogP contribution < -0.4 is 10.5 Å². The fourth-order valence-electron chi connectivity index (χ4n) is 1.40. The number of hydrogen-bond acceptors (Lipinski definition) is 4. The Balaban J connectivity index is 2.58. The first kappa shape index (κ1) is 10.9. The molecule has 0 radical (unpaired) electrons. The van der Waals surface area contributed by atoms with Crippen molar-refractivity contribution in [1.29, 1.82) is 0 Å². The molecule has 0 saturated carbocycles. The molecule has 0 fully saturated rings. The number of nitrogen functional groups attached to an aromatic ring is 1. The molecule has 0 atom stereocenters. The summed E-state index contributed by atoms with van der Waals surface area (Å²) in [5.74, 6) is 1.00. The summed E-state index contributed by atoms with van der Waals surface area (Å²) in [6, 6.07) is 7.51. The smallest absolute Gasteiger partial charge is 0.220 e. The van der Waals surface area contributed by atoms with Crippen LogP contribution in [-0.4, -0.2) is 17.1 Å². The molecular formula is C11H10BrN3O. The Morgan fingerprint density at radius 2 is 2.12 bits per heavy atom. The van der Waals surface area contributed by atoms with Gasteiger partial charge in [-0.05, 0) is 24.3 Å². The van der Waals surface area contributed by atoms with Crippen molar-refractivity contribution < 1.29 is 4.74 Å². The van der Waals surface area contributed by atoms with Gasteiger partial charge in [-0.15, -0.1) is 0 Å². The van der Waals surface area contributed by atoms with Gasteiger partial charge >= 0.3 is 0 Å². The summed E-state index contributed by atoms with van der Waals surface area (Å²) in [4.78, 5) is 8.02. The molecule has 4 nitrogen and oxygen atoms in total. The molecule has 2 N–H and O–H groups in total. The van der Waals surface area contributed by atoms with Crippen LogP contribution in [0.25, 0.3) is 11.3 Å². The molecule has 0 spiro atoms. The van der Waals surface area contributed by atoms with Crippen molar-refractivity contribution in [3.8, 4) is 17.0 Å². The Bertz CT molecular complexity index is 516. The summed E-state index contributed by atoms with van der Waals surface area (Å²) >= 11 is 3.41. The molecule has 5 heteroatoms. The van der Waals surface area contributed by atoms with Crippen LogP contribution >= 0.6 is 15.9 Å². The van der Waals surface area contributed by atoms with E-state index >= 15 is 0 Å². The first-order valence-corrected chi connectivity index (χ1v) is 5.42. The average Bonchev–Trinajstić information content (AvgIpc) is 2.29. The number of methoxy groups -OCH3 is 1. The van der Waals surface area contributed by atoms with Crippen LogP contribution in [-0.2, 0) is 0 Å². The Morgan fingerprint density at radius 1 is 1.31 bits per heavy atom. The second kappa shape index (κ2) is 4.49. The maximum absolute atomic E-state index is 5.55. The lowest BCUT2D eigenvalue weighted by Crippen LogP contribution is -1.96. The highest BCUT2D eigenvalue weighted by Gasteiger charge is 2.08. The van der Waals surface area contributed by atoms with E-state index in [4.69, 9.17) is 10.5 Å². The van der Waals surface area contributed by atoms with E-state index in [2.05, 4.69) is 25.9 Å². The van der Waals surface area contributed by atoms with E-state index in [0.29, 0.717) is 0 Å². The number of aromatic nitrogens is 2. The number of rotatable bonds is 2. The predicted molar refractivity (Wildman–Crippen MR) is 66.1 cm³/mol. The van der Waals surface area contributed by atoms with Crippen molar-refractivity contribution in [2.24, 2.45) is 0 Å². The molecule has 82 valence electrons. The average molecular weight is 280 g/mol. The highest BCUT2D eigenvalue weighted by atomic mass is 79.9. The largest absolute Gasteiger partial charge is 0.496 e. The first-order chi connectivity index (χ1) is 7.70. The van der Waals surface area contributed by atoms with Gasteiger partial charge in [-0.2, -0.15) is 0 Å². The standard InChI is InChI=1S/C11H10BrN3O/c1-16-10-3-2-7(12)6-8(10)9-4-5-14-11(13)15-9/h2-6H,1H3,(H2,13,14,15). The van der Waals surface area contributed by atoms with Crippen LogP contribution in [0.2, 0.25) is 0 Å². The Kier molecular flexibility index (Phi) is 3.05. The van der Waals surface area contributed by atoms with Crippen LogP contribution in [0.1, 0.15) is 0 Å². The van der Waals surface area contributed by atoms with Gasteiger partial charge in [0.15, 0.2) is 0 Å². The molecule has 2 rings (SSSR count). The summed E-state index contributed by atoms with van der Waals surface area (Å²) in [6.07, 6.45) is 1.62. The van der Waals surface area contributed by atoms with Crippen molar-refractivity contribution in [1.82, 2.24) is 9.97 Å². The van der Waals surface area contributed by atoms with Gasteiger partial charge in [-0.3, -0.25) is 0 Å². The summed E-state index contributed by atoms with van der Waals surface area (Å²) < 4.78 is 6.23. The topological polar surface area (TPSA) is 61.0 Å². The maximum atomic E-state index is 5.55. The minimum atomic E-state index is 0.250. The van der Waals surface area contributed by atoms with E-state index in [0.717, 1.165) is 21.5 Å². The van der Waals surface area contributed by atoms with E-state index in [9.17, 15) is 0 Å². The third kappa shape index (κ3) is 2.14. The Labute approximate surface area is 102 Å². The van der Waals surface area contributed by atoms with Gasteiger partial charge in [0.05, 0.1) is 12.8 Å². The lowest BCUT2D eigenvalue weighted by atomic mass is 10.1. The molecule has 0 aliphatic rings. The van der Waals surface area contributed by atoms with Crippen molar-refractivity contribution in [3.05, 3.63) is 34.9 Å². The Morgan fingerprint density at radius 3 is 2.81 bits per heavy atom. The van der Waals surface area contributed by atoms with Crippen molar-refractivity contribution >= 4 is 21.9 Å². The fraction of sp³-hybridized carbons (Fsp3) is 0.0909. The lowest BCUT2D eigenvalue weighted by molar-refractivity contribution is 0.416. The second-order valence-corrected chi connectivity index (χ2v) is 4.06. The summed E-state index contributed by atoms with van der Waals surface area (Å²) in [5.41, 5.74) is 7.17. The molecule has 16 heavy (non-hydrogen) atoms. The van der Waals surface area contributed by atoms with Crippen LogP contribution in [0.4, 0.5) is 5.95 Å². The highest BCUT2D eigenvalue weighted by Crippen LogP contribution is 2.31. The van der Waals surface area contributed by atoms with Gasteiger partial charge in [0.1, 0.15) is 5.75 Å². The summed E-state index contributed by atoms with van der Waals surface area (Å²) in [7, 11) is 1.62. The van der Waals surface area contributed by atoms with E-state index in [-0.39, 0.29) is 5.95 Å². The summed E-state index contributed by atoms with van der Waals surface area (Å²) in [6.45, 7) is 0. The number of nitrogens with two attached hydrogens (primary N) is 1. The van der Waals surface area contributed by atoms with Gasteiger partial charge in [-0.1, -0.05) is 15.9 Å². The molecule has 1 heterocycles. The van der Waals surface area contributed by atoms with Gasteiger partial charge in [0, 0.05) is 16.2 Å². The molecule has 2 aromatic rings. The maximum Gasteiger partial charge on any atom is 0.220 e. The number of nitrogens with zero attached hydrogens (tertiary/aromatic N) is 2. The first-order valence-electron chi connectivity index (χ1n) is 4.63. The fourth-order valence-corrected chi connectivity index (χ4v) is 1.77. The molecule has 0 saturated heterocycles. The third-order valence-electron chi connectivity index (χ3n) is 2.11. The number of ether oxygens (including phenoxy) is 1. The Hall–Kier alpha value is -1.62. The van der Waals surface area contributed by atoms with Crippen LogP contribution in [0.15, 0.2) is 34.9 Å². The van der Waals surface area contributed by atoms with E-state index in [1.807, 2.05) is 18.2 Å². The van der Waals surface area contributed by atoms with Crippen molar-refractivity contribution in [2.45, 2.75) is 0 Å². The van der Waals surface area contributed by atoms with Gasteiger partial charge in [-0.25, -0.2) is 9.97 Å². The molecule has 1 aromatic carbocycles. The number of hydrogen-bond donors (Lipinski definition) is 1. The quantitative estimate of drug-likeness (QED) is 0.918. The van der Waals surface area contributed by atoms with Crippen LogP contribution in [0, 0.1) is 0 Å². The van der Waals surface area contributed by atoms with E-state index < -0.39 is 0 Å². The zero-order valence-electron chi connectivity index (χ0n) is 8.64. The zero-order valence-corrected chi connectivity index (χ0v) is 10.2. The molecular weight excluding hydrogens is 270 g/mol. The normalized spacial score (nSPS) is 10.1. The predicted octanol–water partition coefficient (Wildman–Crippen LogP) is 2.50. The minimum absolute atomic E-state index is 0.250. The van der Waals surface area contributed by atoms with Crippen LogP contribution in [0.5, 0.6) is 5.75 Å². The number of benzene rings is 1. The van der Waals surface area contributed by atoms with E-state index in [1.165, 1.54) is 0 Å². The lowest BCUT2D eigenvalue weighted by Gasteiger charge is -2.08. The van der Waals surface area contributed by atoms with Crippen molar-refractivity contribution in [2.75, 3.05) is 12.8 Å². The third-order valence-corrected chi connectivity index (χ3v) is 2.60. The number of halogens is 1. The monoisotopic (exact) mass is 279 g/mol. The molecule has 0 unspecified atom stereocenters. The molecule has 0 amide bonds. The molecule has 0 aliphatic heterocycles. The van der Waals surface area contributed by atoms with Crippen LogP contribution in [0.3, 0.4) is 0 Å². The number of anilines is 1. The van der Waals surface area contributed by atoms with Gasteiger partial charge in [0.2, 0.25) is 5.95 Å². The highest BCUT2D eigenvalue weighted by molar-refractivity contribution is 9.10. The summed E-state index contributed by atoms with van der Waals surface area (Å²) in [5, 5.41) is 0. The zero-order chi connectivity index (χ0) is 11.5. The minimum Gasteiger partial charge on any atom is -0.496 e. The molecule has 1 aromatic heterocycles. The molecule has 0 bridgehead atoms. The molecule has 0 aliphatic carbocycles. The van der Waals surface area contributed by atoms with Crippen molar-refractivity contribution in [3.63, 3.8) is 0 Å². The van der Waals surface area contributed by atoms with Gasteiger partial charge < -0.3 is 10.5 Å². The SMILES string of the molecule is COc1ccc(Br)cc1-c1ccnc(N)n1.